The summed E-state index contributed by atoms with van der Waals surface area (Å²) in [5.41, 5.74) is 0.334. The molecule has 1 aromatic rings. The number of nitrogens with one attached hydrogen (secondary N) is 4. The molecule has 0 aromatic heterocycles. The number of hydrogen-bond donors (Lipinski definition) is 4. The van der Waals surface area contributed by atoms with Gasteiger partial charge in [0.2, 0.25) is 11.9 Å². The summed E-state index contributed by atoms with van der Waals surface area (Å²) < 4.78 is 52.2. The van der Waals surface area contributed by atoms with Crippen molar-refractivity contribution in [2.45, 2.75) is 64.1 Å². The van der Waals surface area contributed by atoms with E-state index in [9.17, 15) is 17.6 Å². The Kier molecular flexibility index (Phi) is 12.2. The standard InChI is InChI=1S/C27H40F4N7P/c1-19-7-3-8-20(2)38(19)15-6-14-32-24-35-25(33-18-21(12-16-39)9-5-13-28)37-26(36-24)34-23-11-4-10-22(17-23)27(29,30)31/h4-5,9-12,17,19-20,24,32H,3,6-8,13-16,18,39H2,1-2H3,(H3,33,34,35,36,37)/b9-5-,21-12+. The third-order valence-electron chi connectivity index (χ3n) is 6.75. The van der Waals surface area contributed by atoms with Gasteiger partial charge < -0.3 is 10.6 Å². The van der Waals surface area contributed by atoms with Gasteiger partial charge in [0.25, 0.3) is 0 Å². The highest BCUT2D eigenvalue weighted by Gasteiger charge is 2.30. The van der Waals surface area contributed by atoms with Crippen molar-refractivity contribution < 1.29 is 17.6 Å². The number of guanidine groups is 2. The molecule has 2 aliphatic rings. The van der Waals surface area contributed by atoms with Gasteiger partial charge >= 0.3 is 6.18 Å². The molecule has 1 saturated heterocycles. The van der Waals surface area contributed by atoms with Crippen molar-refractivity contribution >= 4 is 26.8 Å². The maximum absolute atomic E-state index is 13.2. The Balaban J connectivity index is 1.70. The summed E-state index contributed by atoms with van der Waals surface area (Å²) in [5, 5.41) is 12.5. The van der Waals surface area contributed by atoms with Crippen molar-refractivity contribution in [1.29, 1.82) is 0 Å². The molecule has 4 N–H and O–H groups in total. The molecule has 2 aliphatic heterocycles. The molecule has 1 fully saturated rings. The van der Waals surface area contributed by atoms with Crippen LogP contribution in [0, 0.1) is 0 Å². The van der Waals surface area contributed by atoms with Crippen LogP contribution in [-0.2, 0) is 6.18 Å². The minimum absolute atomic E-state index is 0.249. The van der Waals surface area contributed by atoms with Gasteiger partial charge in [-0.05, 0) is 69.6 Å². The van der Waals surface area contributed by atoms with E-state index in [2.05, 4.69) is 59.2 Å². The van der Waals surface area contributed by atoms with Crippen LogP contribution in [-0.4, -0.2) is 67.7 Å². The number of piperidine rings is 1. The molecule has 0 spiro atoms. The van der Waals surface area contributed by atoms with E-state index in [0.717, 1.165) is 30.7 Å². The fourth-order valence-corrected chi connectivity index (χ4v) is 5.05. The largest absolute Gasteiger partial charge is 0.416 e. The highest BCUT2D eigenvalue weighted by atomic mass is 31.0. The van der Waals surface area contributed by atoms with Crippen LogP contribution in [0.1, 0.15) is 45.1 Å². The molecule has 0 radical (unpaired) electrons. The molecular formula is C27H40F4N7P. The van der Waals surface area contributed by atoms with Gasteiger partial charge in [0.05, 0.1) is 12.1 Å². The SMILES string of the molecule is CC1CCCC(C)N1CCCNC1N=C(Nc2cccc(C(F)(F)F)c2)NC(=NCC(/C=C\CF)=C/CP)N1. The lowest BCUT2D eigenvalue weighted by molar-refractivity contribution is -0.137. The van der Waals surface area contributed by atoms with Crippen LogP contribution in [0.3, 0.4) is 0 Å². The quantitative estimate of drug-likeness (QED) is 0.132. The third-order valence-corrected chi connectivity index (χ3v) is 6.98. The zero-order chi connectivity index (χ0) is 28.3. The topological polar surface area (TPSA) is 76.1 Å². The average Bonchev–Trinajstić information content (AvgIpc) is 2.89. The lowest BCUT2D eigenvalue weighted by Crippen LogP contribution is -2.57. The Hall–Kier alpha value is -2.49. The molecule has 0 bridgehead atoms. The maximum atomic E-state index is 13.2. The molecule has 4 atom stereocenters. The van der Waals surface area contributed by atoms with Crippen molar-refractivity contribution in [3.05, 3.63) is 53.6 Å². The summed E-state index contributed by atoms with van der Waals surface area (Å²) >= 11 is 0. The molecule has 2 heterocycles. The lowest BCUT2D eigenvalue weighted by atomic mass is 9.97. The second kappa shape index (κ2) is 15.3. The third kappa shape index (κ3) is 10.2. The molecule has 0 amide bonds. The number of alkyl halides is 4. The van der Waals surface area contributed by atoms with Crippen LogP contribution in [0.2, 0.25) is 0 Å². The molecule has 1 aromatic carbocycles. The molecule has 12 heteroatoms. The molecule has 0 aliphatic carbocycles. The Bertz CT molecular complexity index is 1030. The highest BCUT2D eigenvalue weighted by Crippen LogP contribution is 2.30. The molecule has 0 saturated carbocycles. The van der Waals surface area contributed by atoms with Crippen molar-refractivity contribution in [1.82, 2.24) is 20.9 Å². The molecule has 4 unspecified atom stereocenters. The first kappa shape index (κ1) is 31.0. The second-order valence-corrected chi connectivity index (χ2v) is 10.2. The Morgan fingerprint density at radius 1 is 1.26 bits per heavy atom. The molecule has 3 rings (SSSR count). The van der Waals surface area contributed by atoms with E-state index in [1.165, 1.54) is 31.4 Å². The van der Waals surface area contributed by atoms with E-state index in [0.29, 0.717) is 30.7 Å². The van der Waals surface area contributed by atoms with E-state index in [1.54, 1.807) is 12.1 Å². The molecule has 39 heavy (non-hydrogen) atoms. The van der Waals surface area contributed by atoms with Crippen LogP contribution in [0.25, 0.3) is 0 Å². The maximum Gasteiger partial charge on any atom is 0.416 e. The molecule has 216 valence electrons. The predicted molar refractivity (Wildman–Crippen MR) is 155 cm³/mol. The van der Waals surface area contributed by atoms with Crippen LogP contribution < -0.4 is 21.3 Å². The first-order chi connectivity index (χ1) is 18.7. The number of hydrogen-bond acceptors (Lipinski definition) is 5. The smallest absolute Gasteiger partial charge is 0.326 e. The van der Waals surface area contributed by atoms with E-state index in [-0.39, 0.29) is 18.2 Å². The van der Waals surface area contributed by atoms with Gasteiger partial charge in [0, 0.05) is 24.3 Å². The Morgan fingerprint density at radius 2 is 2.03 bits per heavy atom. The predicted octanol–water partition coefficient (Wildman–Crippen LogP) is 4.88. The number of allylic oxidation sites excluding steroid dienone is 2. The summed E-state index contributed by atoms with van der Waals surface area (Å²) in [6.45, 7) is 5.94. The lowest BCUT2D eigenvalue weighted by Gasteiger charge is -2.39. The van der Waals surface area contributed by atoms with Crippen molar-refractivity contribution in [3.8, 4) is 0 Å². The van der Waals surface area contributed by atoms with E-state index in [1.807, 2.05) is 6.08 Å². The average molecular weight is 570 g/mol. The van der Waals surface area contributed by atoms with Crippen LogP contribution >= 0.6 is 9.24 Å². The van der Waals surface area contributed by atoms with Gasteiger partial charge in [0.1, 0.15) is 6.67 Å². The first-order valence-corrected chi connectivity index (χ1v) is 14.2. The monoisotopic (exact) mass is 569 g/mol. The van der Waals surface area contributed by atoms with Crippen molar-refractivity contribution in [2.24, 2.45) is 9.98 Å². The van der Waals surface area contributed by atoms with Gasteiger partial charge in [-0.25, -0.2) is 14.4 Å². The highest BCUT2D eigenvalue weighted by molar-refractivity contribution is 7.16. The summed E-state index contributed by atoms with van der Waals surface area (Å²) in [7, 11) is 2.59. The van der Waals surface area contributed by atoms with Gasteiger partial charge in [-0.3, -0.25) is 15.5 Å². The fraction of sp³-hybridized carbons (Fsp3) is 0.556. The Labute approximate surface area is 230 Å². The van der Waals surface area contributed by atoms with Gasteiger partial charge in [-0.2, -0.15) is 13.2 Å². The number of nitrogens with zero attached hydrogens (tertiary/aromatic N) is 3. The van der Waals surface area contributed by atoms with Gasteiger partial charge in [-0.1, -0.05) is 30.7 Å². The second-order valence-electron chi connectivity index (χ2n) is 9.76. The zero-order valence-corrected chi connectivity index (χ0v) is 23.7. The summed E-state index contributed by atoms with van der Waals surface area (Å²) in [6, 6.07) is 6.09. The summed E-state index contributed by atoms with van der Waals surface area (Å²) in [5.74, 6) is 0.664. The first-order valence-electron chi connectivity index (χ1n) is 13.4. The van der Waals surface area contributed by atoms with Crippen molar-refractivity contribution in [2.75, 3.05) is 37.8 Å². The number of halogens is 4. The summed E-state index contributed by atoms with van der Waals surface area (Å²) in [6.07, 6.45) is 5.37. The fourth-order valence-electron chi connectivity index (χ4n) is 4.75. The Morgan fingerprint density at radius 3 is 2.72 bits per heavy atom. The number of anilines is 1. The van der Waals surface area contributed by atoms with Crippen LogP contribution in [0.15, 0.2) is 58.1 Å². The molecule has 7 nitrogen and oxygen atoms in total. The summed E-state index contributed by atoms with van der Waals surface area (Å²) in [4.78, 5) is 11.7. The minimum Gasteiger partial charge on any atom is -0.326 e. The van der Waals surface area contributed by atoms with Gasteiger partial charge in [-0.15, -0.1) is 9.24 Å². The zero-order valence-electron chi connectivity index (χ0n) is 22.6. The normalized spacial score (nSPS) is 24.0. The minimum atomic E-state index is -4.45. The number of aliphatic imine (C=N–C) groups is 2. The van der Waals surface area contributed by atoms with E-state index >= 15 is 0 Å². The van der Waals surface area contributed by atoms with Crippen LogP contribution in [0.5, 0.6) is 0 Å². The molecular weight excluding hydrogens is 529 g/mol. The number of rotatable bonds is 11. The van der Waals surface area contributed by atoms with Crippen LogP contribution in [0.4, 0.5) is 23.2 Å². The number of benzene rings is 1. The number of likely N-dealkylation sites (tertiary alicyclic amines) is 1. The van der Waals surface area contributed by atoms with Gasteiger partial charge in [0.15, 0.2) is 6.29 Å². The van der Waals surface area contributed by atoms with E-state index < -0.39 is 24.7 Å². The van der Waals surface area contributed by atoms with E-state index in [4.69, 9.17) is 0 Å². The van der Waals surface area contributed by atoms with Crippen molar-refractivity contribution in [3.63, 3.8) is 0 Å².